The summed E-state index contributed by atoms with van der Waals surface area (Å²) in [7, 11) is 0. The monoisotopic (exact) mass is 312 g/mol. The van der Waals surface area contributed by atoms with E-state index < -0.39 is 0 Å². The number of ether oxygens (including phenoxy) is 2. The van der Waals surface area contributed by atoms with Gasteiger partial charge in [-0.15, -0.1) is 0 Å². The normalized spacial score (nSPS) is 13.7. The molecule has 1 aliphatic rings. The fraction of sp³-hybridized carbons (Fsp3) is 0.278. The molecule has 2 aromatic carbocycles. The summed E-state index contributed by atoms with van der Waals surface area (Å²) in [6, 6.07) is 15.4. The maximum atomic E-state index is 12.4. The van der Waals surface area contributed by atoms with Gasteiger partial charge in [-0.1, -0.05) is 42.5 Å². The molecule has 23 heavy (non-hydrogen) atoms. The number of hydrogen-bond donors (Lipinski definition) is 1. The lowest BCUT2D eigenvalue weighted by Gasteiger charge is -2.20. The van der Waals surface area contributed by atoms with Crippen LogP contribution in [-0.2, 0) is 24.4 Å². The highest BCUT2D eigenvalue weighted by molar-refractivity contribution is 5.68. The van der Waals surface area contributed by atoms with Crippen LogP contribution in [0.5, 0.6) is 5.75 Å². The van der Waals surface area contributed by atoms with Crippen molar-refractivity contribution < 1.29 is 14.3 Å². The molecule has 0 bridgehead atoms. The Bertz CT molecular complexity index is 673. The van der Waals surface area contributed by atoms with Crippen LogP contribution in [0.25, 0.3) is 0 Å². The van der Waals surface area contributed by atoms with E-state index in [9.17, 15) is 4.79 Å². The van der Waals surface area contributed by atoms with Gasteiger partial charge in [-0.3, -0.25) is 0 Å². The summed E-state index contributed by atoms with van der Waals surface area (Å²) in [6.07, 6.45) is -0.336. The van der Waals surface area contributed by atoms with E-state index in [0.717, 1.165) is 22.4 Å². The molecule has 0 unspecified atom stereocenters. The summed E-state index contributed by atoms with van der Waals surface area (Å²) in [4.78, 5) is 14.0. The minimum atomic E-state index is -0.336. The van der Waals surface area contributed by atoms with Gasteiger partial charge in [-0.05, 0) is 17.2 Å². The third-order valence-corrected chi connectivity index (χ3v) is 3.88. The number of carbonyl (C=O) groups is 1. The molecule has 120 valence electrons. The summed E-state index contributed by atoms with van der Waals surface area (Å²) < 4.78 is 11.1. The molecular formula is C18H20N2O3. The Morgan fingerprint density at radius 3 is 2.78 bits per heavy atom. The summed E-state index contributed by atoms with van der Waals surface area (Å²) in [6.45, 7) is 2.08. The summed E-state index contributed by atoms with van der Waals surface area (Å²) in [5.41, 5.74) is 8.71. The van der Waals surface area contributed by atoms with Crippen LogP contribution in [0.4, 0.5) is 4.79 Å². The van der Waals surface area contributed by atoms with E-state index in [1.807, 2.05) is 48.5 Å². The molecule has 0 fully saturated rings. The number of fused-ring (bicyclic) bond motifs is 1. The van der Waals surface area contributed by atoms with E-state index in [-0.39, 0.29) is 12.7 Å². The van der Waals surface area contributed by atoms with Crippen LogP contribution in [0.3, 0.4) is 0 Å². The lowest BCUT2D eigenvalue weighted by molar-refractivity contribution is 0.0913. The van der Waals surface area contributed by atoms with Crippen LogP contribution in [-0.4, -0.2) is 24.1 Å². The standard InChI is InChI=1S/C18H20N2O3/c19-11-15-7-4-8-17-16(15)12-20(9-10-22-17)18(21)23-13-14-5-2-1-3-6-14/h1-8H,9-13,19H2. The molecule has 1 aliphatic heterocycles. The molecule has 0 radical (unpaired) electrons. The maximum absolute atomic E-state index is 12.4. The van der Waals surface area contributed by atoms with E-state index in [1.54, 1.807) is 4.90 Å². The average molecular weight is 312 g/mol. The largest absolute Gasteiger partial charge is 0.491 e. The molecule has 0 spiro atoms. The predicted octanol–water partition coefficient (Wildman–Crippen LogP) is 2.68. The molecule has 0 atom stereocenters. The van der Waals surface area contributed by atoms with Crippen molar-refractivity contribution in [2.24, 2.45) is 5.73 Å². The molecule has 2 N–H and O–H groups in total. The highest BCUT2D eigenvalue weighted by Crippen LogP contribution is 2.26. The third-order valence-electron chi connectivity index (χ3n) is 3.88. The molecule has 5 nitrogen and oxygen atoms in total. The molecule has 0 saturated heterocycles. The molecule has 1 amide bonds. The van der Waals surface area contributed by atoms with Gasteiger partial charge >= 0.3 is 6.09 Å². The van der Waals surface area contributed by atoms with Crippen LogP contribution in [0.15, 0.2) is 48.5 Å². The third kappa shape index (κ3) is 3.63. The zero-order valence-corrected chi connectivity index (χ0v) is 12.9. The Hall–Kier alpha value is -2.53. The zero-order valence-electron chi connectivity index (χ0n) is 12.9. The summed E-state index contributed by atoms with van der Waals surface area (Å²) in [5.74, 6) is 0.798. The van der Waals surface area contributed by atoms with Gasteiger partial charge in [0, 0.05) is 12.1 Å². The smallest absolute Gasteiger partial charge is 0.410 e. The highest BCUT2D eigenvalue weighted by atomic mass is 16.6. The second-order valence-corrected chi connectivity index (χ2v) is 5.41. The van der Waals surface area contributed by atoms with Gasteiger partial charge in [0.1, 0.15) is 19.0 Å². The topological polar surface area (TPSA) is 64.8 Å². The van der Waals surface area contributed by atoms with E-state index >= 15 is 0 Å². The Balaban J connectivity index is 1.69. The Morgan fingerprint density at radius 2 is 2.00 bits per heavy atom. The first-order chi connectivity index (χ1) is 11.3. The van der Waals surface area contributed by atoms with Gasteiger partial charge < -0.3 is 20.1 Å². The SMILES string of the molecule is NCc1cccc2c1CN(C(=O)OCc1ccccc1)CCO2. The van der Waals surface area contributed by atoms with Gasteiger partial charge in [-0.2, -0.15) is 0 Å². The fourth-order valence-electron chi connectivity index (χ4n) is 2.62. The van der Waals surface area contributed by atoms with E-state index in [2.05, 4.69) is 0 Å². The Kier molecular flexibility index (Phi) is 4.78. The van der Waals surface area contributed by atoms with Crippen molar-refractivity contribution in [2.75, 3.05) is 13.2 Å². The maximum Gasteiger partial charge on any atom is 0.410 e. The number of carbonyl (C=O) groups excluding carboxylic acids is 1. The molecule has 0 aliphatic carbocycles. The predicted molar refractivity (Wildman–Crippen MR) is 86.9 cm³/mol. The second kappa shape index (κ2) is 7.15. The lowest BCUT2D eigenvalue weighted by Crippen LogP contribution is -2.33. The van der Waals surface area contributed by atoms with Crippen molar-refractivity contribution in [1.29, 1.82) is 0 Å². The first-order valence-electron chi connectivity index (χ1n) is 7.67. The Labute approximate surface area is 135 Å². The second-order valence-electron chi connectivity index (χ2n) is 5.41. The molecule has 0 aromatic heterocycles. The summed E-state index contributed by atoms with van der Waals surface area (Å²) >= 11 is 0. The van der Waals surface area contributed by atoms with Gasteiger partial charge in [-0.25, -0.2) is 4.79 Å². The molecule has 0 saturated carbocycles. The van der Waals surface area contributed by atoms with E-state index in [4.69, 9.17) is 15.2 Å². The first-order valence-corrected chi connectivity index (χ1v) is 7.67. The van der Waals surface area contributed by atoms with Crippen molar-refractivity contribution >= 4 is 6.09 Å². The minimum absolute atomic E-state index is 0.266. The van der Waals surface area contributed by atoms with E-state index in [0.29, 0.717) is 26.2 Å². The number of nitrogens with two attached hydrogens (primary N) is 1. The van der Waals surface area contributed by atoms with Crippen LogP contribution < -0.4 is 10.5 Å². The minimum Gasteiger partial charge on any atom is -0.491 e. The van der Waals surface area contributed by atoms with Crippen LogP contribution in [0.1, 0.15) is 16.7 Å². The van der Waals surface area contributed by atoms with Crippen LogP contribution in [0.2, 0.25) is 0 Å². The highest BCUT2D eigenvalue weighted by Gasteiger charge is 2.22. The van der Waals surface area contributed by atoms with Gasteiger partial charge in [0.15, 0.2) is 0 Å². The summed E-state index contributed by atoms with van der Waals surface area (Å²) in [5, 5.41) is 0. The van der Waals surface area contributed by atoms with Crippen LogP contribution in [0, 0.1) is 0 Å². The number of nitrogens with zero attached hydrogens (tertiary/aromatic N) is 1. The van der Waals surface area contributed by atoms with Gasteiger partial charge in [0.25, 0.3) is 0 Å². The van der Waals surface area contributed by atoms with Crippen molar-refractivity contribution in [3.05, 3.63) is 65.2 Å². The van der Waals surface area contributed by atoms with Crippen molar-refractivity contribution in [3.8, 4) is 5.75 Å². The molecule has 3 rings (SSSR count). The Morgan fingerprint density at radius 1 is 1.17 bits per heavy atom. The van der Waals surface area contributed by atoms with Crippen molar-refractivity contribution in [3.63, 3.8) is 0 Å². The number of hydrogen-bond acceptors (Lipinski definition) is 4. The molecular weight excluding hydrogens is 292 g/mol. The first kappa shape index (κ1) is 15.4. The number of benzene rings is 2. The average Bonchev–Trinajstić information content (AvgIpc) is 2.82. The quantitative estimate of drug-likeness (QED) is 0.946. The molecule has 2 aromatic rings. The van der Waals surface area contributed by atoms with Crippen molar-refractivity contribution in [2.45, 2.75) is 19.7 Å². The van der Waals surface area contributed by atoms with Gasteiger partial charge in [0.2, 0.25) is 0 Å². The molecule has 5 heteroatoms. The number of amides is 1. The van der Waals surface area contributed by atoms with Crippen LogP contribution >= 0.6 is 0 Å². The molecule has 1 heterocycles. The zero-order chi connectivity index (χ0) is 16.1. The van der Waals surface area contributed by atoms with E-state index in [1.165, 1.54) is 0 Å². The fourth-order valence-corrected chi connectivity index (χ4v) is 2.62. The lowest BCUT2D eigenvalue weighted by atomic mass is 10.1. The van der Waals surface area contributed by atoms with Crippen molar-refractivity contribution in [1.82, 2.24) is 4.90 Å². The number of rotatable bonds is 3. The van der Waals surface area contributed by atoms with Gasteiger partial charge in [0.05, 0.1) is 13.1 Å².